The van der Waals surface area contributed by atoms with Crippen LogP contribution in [0.5, 0.6) is 5.75 Å². The summed E-state index contributed by atoms with van der Waals surface area (Å²) >= 11 is 0. The second kappa shape index (κ2) is 23.1. The molecule has 0 fully saturated rings. The minimum absolute atomic E-state index is 0.300. The van der Waals surface area contributed by atoms with Crippen molar-refractivity contribution in [2.75, 3.05) is 6.61 Å². The molecule has 0 saturated carbocycles. The summed E-state index contributed by atoms with van der Waals surface area (Å²) in [5.41, 5.74) is 3.09. The van der Waals surface area contributed by atoms with Crippen molar-refractivity contribution in [2.24, 2.45) is 10.2 Å². The number of hydrogen-bond donors (Lipinski definition) is 1. The third-order valence-corrected chi connectivity index (χ3v) is 7.43. The number of aliphatic carboxylic acids is 1. The van der Waals surface area contributed by atoms with Crippen LogP contribution in [0.3, 0.4) is 0 Å². The largest absolute Gasteiger partial charge is 0.494 e. The van der Waals surface area contributed by atoms with Crippen LogP contribution in [0.1, 0.15) is 134 Å². The number of azo groups is 1. The Hall–Kier alpha value is -2.69. The predicted molar refractivity (Wildman–Crippen MR) is 167 cm³/mol. The zero-order valence-electron chi connectivity index (χ0n) is 25.1. The smallest absolute Gasteiger partial charge is 0.303 e. The van der Waals surface area contributed by atoms with Gasteiger partial charge in [0.2, 0.25) is 0 Å². The van der Waals surface area contributed by atoms with Gasteiger partial charge in [0.1, 0.15) is 5.75 Å². The van der Waals surface area contributed by atoms with Gasteiger partial charge in [-0.3, -0.25) is 4.79 Å². The molecule has 0 saturated heterocycles. The van der Waals surface area contributed by atoms with Crippen LogP contribution in [0.4, 0.5) is 11.4 Å². The minimum Gasteiger partial charge on any atom is -0.494 e. The summed E-state index contributed by atoms with van der Waals surface area (Å²) in [6, 6.07) is 16.3. The molecule has 5 heteroatoms. The van der Waals surface area contributed by atoms with Crippen molar-refractivity contribution in [1.82, 2.24) is 0 Å². The topological polar surface area (TPSA) is 71.2 Å². The monoisotopic (exact) mass is 550 g/mol. The first-order valence-corrected chi connectivity index (χ1v) is 16.1. The Kier molecular flexibility index (Phi) is 19.3. The number of aryl methyl sites for hydroxylation is 1. The van der Waals surface area contributed by atoms with E-state index in [1.807, 2.05) is 24.3 Å². The second-order valence-electron chi connectivity index (χ2n) is 11.1. The molecule has 0 aliphatic rings. The van der Waals surface area contributed by atoms with Crippen molar-refractivity contribution < 1.29 is 14.6 Å². The molecule has 1 N–H and O–H groups in total. The zero-order chi connectivity index (χ0) is 28.5. The summed E-state index contributed by atoms with van der Waals surface area (Å²) in [7, 11) is 0. The van der Waals surface area contributed by atoms with Gasteiger partial charge in [-0.05, 0) is 67.6 Å². The molecule has 5 nitrogen and oxygen atoms in total. The van der Waals surface area contributed by atoms with Crippen LogP contribution in [-0.4, -0.2) is 17.7 Å². The number of rotatable bonds is 25. The summed E-state index contributed by atoms with van der Waals surface area (Å²) in [6.07, 6.45) is 24.0. The van der Waals surface area contributed by atoms with Crippen LogP contribution in [0.2, 0.25) is 0 Å². The second-order valence-corrected chi connectivity index (χ2v) is 11.1. The van der Waals surface area contributed by atoms with Crippen LogP contribution in [0.25, 0.3) is 0 Å². The van der Waals surface area contributed by atoms with E-state index < -0.39 is 5.97 Å². The Morgan fingerprint density at radius 3 is 1.57 bits per heavy atom. The molecule has 222 valence electrons. The van der Waals surface area contributed by atoms with Gasteiger partial charge >= 0.3 is 5.97 Å². The Bertz CT molecular complexity index is 909. The van der Waals surface area contributed by atoms with E-state index in [2.05, 4.69) is 41.4 Å². The number of hydrogen-bond acceptors (Lipinski definition) is 4. The van der Waals surface area contributed by atoms with Crippen LogP contribution in [0, 0.1) is 0 Å². The first-order valence-electron chi connectivity index (χ1n) is 16.1. The highest BCUT2D eigenvalue weighted by Crippen LogP contribution is 2.22. The van der Waals surface area contributed by atoms with E-state index in [1.165, 1.54) is 95.5 Å². The van der Waals surface area contributed by atoms with E-state index in [9.17, 15) is 4.79 Å². The van der Waals surface area contributed by atoms with E-state index in [0.29, 0.717) is 6.42 Å². The van der Waals surface area contributed by atoms with E-state index in [0.717, 1.165) is 55.8 Å². The van der Waals surface area contributed by atoms with Crippen molar-refractivity contribution in [1.29, 1.82) is 0 Å². The molecule has 0 spiro atoms. The van der Waals surface area contributed by atoms with Crippen molar-refractivity contribution in [3.8, 4) is 5.75 Å². The fraction of sp³-hybridized carbons (Fsp3) is 0.629. The van der Waals surface area contributed by atoms with Crippen molar-refractivity contribution in [2.45, 2.75) is 135 Å². The summed E-state index contributed by atoms with van der Waals surface area (Å²) < 4.78 is 5.87. The average molecular weight is 551 g/mol. The van der Waals surface area contributed by atoms with E-state index in [1.54, 1.807) is 0 Å². The fourth-order valence-corrected chi connectivity index (χ4v) is 4.90. The maximum Gasteiger partial charge on any atom is 0.303 e. The van der Waals surface area contributed by atoms with Gasteiger partial charge in [-0.1, -0.05) is 115 Å². The maximum atomic E-state index is 10.5. The Balaban J connectivity index is 1.51. The van der Waals surface area contributed by atoms with E-state index in [-0.39, 0.29) is 0 Å². The first kappa shape index (κ1) is 33.5. The van der Waals surface area contributed by atoms with Gasteiger partial charge in [0.25, 0.3) is 0 Å². The van der Waals surface area contributed by atoms with Gasteiger partial charge in [-0.15, -0.1) is 0 Å². The molecule has 0 unspecified atom stereocenters. The standard InChI is InChI=1S/C35H54N2O3/c1-2-3-4-5-6-7-8-11-14-17-20-31-22-24-32(25-23-31)36-37-33-26-28-34(29-27-33)40-30-19-16-13-10-9-12-15-18-21-35(38)39/h22-29H,2-21,30H2,1H3,(H,38,39). The molecule has 0 amide bonds. The number of unbranched alkanes of at least 4 members (excludes halogenated alkanes) is 16. The molecule has 2 aromatic carbocycles. The third kappa shape index (κ3) is 17.8. The van der Waals surface area contributed by atoms with Gasteiger partial charge < -0.3 is 9.84 Å². The fourth-order valence-electron chi connectivity index (χ4n) is 4.90. The minimum atomic E-state index is -0.686. The molecule has 0 bridgehead atoms. The van der Waals surface area contributed by atoms with Crippen molar-refractivity contribution in [3.05, 3.63) is 54.1 Å². The molecule has 0 aliphatic heterocycles. The third-order valence-electron chi connectivity index (χ3n) is 7.43. The van der Waals surface area contributed by atoms with Crippen LogP contribution < -0.4 is 4.74 Å². The number of benzene rings is 2. The number of carbonyl (C=O) groups is 1. The summed E-state index contributed by atoms with van der Waals surface area (Å²) in [5, 5.41) is 17.4. The predicted octanol–water partition coefficient (Wildman–Crippen LogP) is 11.5. The molecule has 40 heavy (non-hydrogen) atoms. The van der Waals surface area contributed by atoms with Gasteiger partial charge in [-0.2, -0.15) is 10.2 Å². The summed E-state index contributed by atoms with van der Waals surface area (Å²) in [6.45, 7) is 3.00. The first-order chi connectivity index (χ1) is 19.7. The normalized spacial score (nSPS) is 11.3. The molecule has 0 aromatic heterocycles. The van der Waals surface area contributed by atoms with Gasteiger partial charge in [0, 0.05) is 6.42 Å². The van der Waals surface area contributed by atoms with Gasteiger partial charge in [0.05, 0.1) is 18.0 Å². The number of nitrogens with zero attached hydrogens (tertiary/aromatic N) is 2. The van der Waals surface area contributed by atoms with Gasteiger partial charge in [-0.25, -0.2) is 0 Å². The van der Waals surface area contributed by atoms with Crippen LogP contribution >= 0.6 is 0 Å². The quantitative estimate of drug-likeness (QED) is 0.0987. The molecule has 2 aromatic rings. The highest BCUT2D eigenvalue weighted by atomic mass is 16.5. The SMILES string of the molecule is CCCCCCCCCCCCc1ccc(N=Nc2ccc(OCCCCCCCCCCC(=O)O)cc2)cc1. The maximum absolute atomic E-state index is 10.5. The van der Waals surface area contributed by atoms with Crippen LogP contribution in [0.15, 0.2) is 58.8 Å². The lowest BCUT2D eigenvalue weighted by molar-refractivity contribution is -0.137. The lowest BCUT2D eigenvalue weighted by Crippen LogP contribution is -1.97. The van der Waals surface area contributed by atoms with E-state index in [4.69, 9.17) is 9.84 Å². The number of carboxylic acids is 1. The molecule has 0 heterocycles. The average Bonchev–Trinajstić information content (AvgIpc) is 2.97. The lowest BCUT2D eigenvalue weighted by Gasteiger charge is -2.06. The van der Waals surface area contributed by atoms with Crippen molar-refractivity contribution >= 4 is 17.3 Å². The Labute approximate surface area is 243 Å². The molecular weight excluding hydrogens is 496 g/mol. The molecular formula is C35H54N2O3. The van der Waals surface area contributed by atoms with Gasteiger partial charge in [0.15, 0.2) is 0 Å². The lowest BCUT2D eigenvalue weighted by atomic mass is 10.0. The van der Waals surface area contributed by atoms with Crippen LogP contribution in [-0.2, 0) is 11.2 Å². The Morgan fingerprint density at radius 2 is 1.05 bits per heavy atom. The van der Waals surface area contributed by atoms with Crippen molar-refractivity contribution in [3.63, 3.8) is 0 Å². The zero-order valence-corrected chi connectivity index (χ0v) is 25.1. The molecule has 0 aliphatic carbocycles. The highest BCUT2D eigenvalue weighted by Gasteiger charge is 1.99. The molecule has 0 radical (unpaired) electrons. The van der Waals surface area contributed by atoms with E-state index >= 15 is 0 Å². The number of carboxylic acid groups (broad SMARTS) is 1. The number of ether oxygens (including phenoxy) is 1. The highest BCUT2D eigenvalue weighted by molar-refractivity contribution is 5.66. The molecule has 2 rings (SSSR count). The molecule has 0 atom stereocenters. The Morgan fingerprint density at radius 1 is 0.600 bits per heavy atom. The summed E-state index contributed by atoms with van der Waals surface area (Å²) in [5.74, 6) is 0.183. The summed E-state index contributed by atoms with van der Waals surface area (Å²) in [4.78, 5) is 10.5.